The maximum absolute atomic E-state index is 13.4. The van der Waals surface area contributed by atoms with Crippen LogP contribution in [0.2, 0.25) is 5.02 Å². The summed E-state index contributed by atoms with van der Waals surface area (Å²) in [5, 5.41) is 10.1. The van der Waals surface area contributed by atoms with Gasteiger partial charge in [-0.3, -0.25) is 0 Å². The van der Waals surface area contributed by atoms with Crippen molar-refractivity contribution in [2.75, 3.05) is 32.1 Å². The van der Waals surface area contributed by atoms with Crippen LogP contribution < -0.4 is 5.32 Å². The number of benzene rings is 1. The summed E-state index contributed by atoms with van der Waals surface area (Å²) in [7, 11) is -2.59. The van der Waals surface area contributed by atoms with E-state index in [2.05, 4.69) is 26.3 Å². The van der Waals surface area contributed by atoms with Crippen LogP contribution in [0.15, 0.2) is 57.3 Å². The zero-order valence-corrected chi connectivity index (χ0v) is 23.7. The fourth-order valence-electron chi connectivity index (χ4n) is 4.41. The van der Waals surface area contributed by atoms with Gasteiger partial charge < -0.3 is 10.1 Å². The SMILES string of the molecule is COC(=O)c1sccc1S(=O)(=O)N1CCCC(CNc2cc(-c3ccccc3Cl)nc3c(Br)cnn23)C1. The lowest BCUT2D eigenvalue weighted by Crippen LogP contribution is -2.42. The summed E-state index contributed by atoms with van der Waals surface area (Å²) in [5.41, 5.74) is 2.14. The van der Waals surface area contributed by atoms with Crippen LogP contribution in [-0.4, -0.2) is 60.0 Å². The number of carbonyl (C=O) groups is 1. The molecular formula is C24H23BrClN5O4S2. The van der Waals surface area contributed by atoms with Gasteiger partial charge in [-0.1, -0.05) is 29.8 Å². The second kappa shape index (κ2) is 10.7. The zero-order valence-electron chi connectivity index (χ0n) is 19.7. The number of aromatic nitrogens is 3. The zero-order chi connectivity index (χ0) is 26.2. The van der Waals surface area contributed by atoms with Crippen molar-refractivity contribution < 1.29 is 17.9 Å². The first kappa shape index (κ1) is 26.1. The number of hydrogen-bond acceptors (Lipinski definition) is 8. The number of esters is 1. The first-order valence-corrected chi connectivity index (χ1v) is 15.0. The van der Waals surface area contributed by atoms with Crippen LogP contribution in [0.25, 0.3) is 16.9 Å². The molecule has 194 valence electrons. The molecule has 1 unspecified atom stereocenters. The molecule has 0 aliphatic carbocycles. The number of halogens is 2. The predicted molar refractivity (Wildman–Crippen MR) is 147 cm³/mol. The lowest BCUT2D eigenvalue weighted by Gasteiger charge is -2.32. The lowest BCUT2D eigenvalue weighted by atomic mass is 10.00. The number of nitrogens with zero attached hydrogens (tertiary/aromatic N) is 4. The van der Waals surface area contributed by atoms with Gasteiger partial charge in [0.25, 0.3) is 0 Å². The molecule has 37 heavy (non-hydrogen) atoms. The van der Waals surface area contributed by atoms with Crippen LogP contribution >= 0.6 is 38.9 Å². The number of rotatable bonds is 7. The van der Waals surface area contributed by atoms with Gasteiger partial charge in [0.2, 0.25) is 10.0 Å². The van der Waals surface area contributed by atoms with E-state index in [0.717, 1.165) is 33.6 Å². The molecule has 1 N–H and O–H groups in total. The molecule has 9 nitrogen and oxygen atoms in total. The summed E-state index contributed by atoms with van der Waals surface area (Å²) < 4.78 is 35.4. The van der Waals surface area contributed by atoms with Crippen LogP contribution in [0.4, 0.5) is 5.82 Å². The Kier molecular flexibility index (Phi) is 7.55. The summed E-state index contributed by atoms with van der Waals surface area (Å²) in [6.45, 7) is 1.26. The second-order valence-corrected chi connectivity index (χ2v) is 12.7. The third-order valence-electron chi connectivity index (χ3n) is 6.25. The van der Waals surface area contributed by atoms with Crippen molar-refractivity contribution in [3.8, 4) is 11.3 Å². The van der Waals surface area contributed by atoms with Crippen molar-refractivity contribution >= 4 is 66.3 Å². The second-order valence-electron chi connectivity index (χ2n) is 8.59. The highest BCUT2D eigenvalue weighted by Crippen LogP contribution is 2.32. The maximum Gasteiger partial charge on any atom is 0.349 e. The Bertz CT molecular complexity index is 1570. The van der Waals surface area contributed by atoms with Gasteiger partial charge in [-0.2, -0.15) is 13.9 Å². The number of ether oxygens (including phenoxy) is 1. The molecule has 3 aromatic heterocycles. The third-order valence-corrected chi connectivity index (χ3v) is 10.1. The van der Waals surface area contributed by atoms with Crippen LogP contribution in [0.1, 0.15) is 22.5 Å². The normalized spacial score (nSPS) is 16.7. The molecule has 1 atom stereocenters. The number of fused-ring (bicyclic) bond motifs is 1. The van der Waals surface area contributed by atoms with Gasteiger partial charge in [-0.15, -0.1) is 11.3 Å². The van der Waals surface area contributed by atoms with Gasteiger partial charge in [0.1, 0.15) is 15.6 Å². The minimum Gasteiger partial charge on any atom is -0.465 e. The van der Waals surface area contributed by atoms with Crippen molar-refractivity contribution in [1.29, 1.82) is 0 Å². The smallest absolute Gasteiger partial charge is 0.349 e. The number of thiophene rings is 1. The Morgan fingerprint density at radius 2 is 2.14 bits per heavy atom. The molecule has 0 spiro atoms. The minimum atomic E-state index is -3.83. The minimum absolute atomic E-state index is 0.000394. The molecular weight excluding hydrogens is 602 g/mol. The van der Waals surface area contributed by atoms with Crippen molar-refractivity contribution in [2.24, 2.45) is 5.92 Å². The first-order chi connectivity index (χ1) is 17.8. The van der Waals surface area contributed by atoms with Crippen LogP contribution in [0, 0.1) is 5.92 Å². The van der Waals surface area contributed by atoms with E-state index in [9.17, 15) is 13.2 Å². The van der Waals surface area contributed by atoms with E-state index >= 15 is 0 Å². The summed E-state index contributed by atoms with van der Waals surface area (Å²) in [6.07, 6.45) is 3.26. The summed E-state index contributed by atoms with van der Waals surface area (Å²) in [4.78, 5) is 16.9. The number of carbonyl (C=O) groups excluding carboxylic acids is 1. The van der Waals surface area contributed by atoms with Crippen molar-refractivity contribution in [1.82, 2.24) is 18.9 Å². The molecule has 1 fully saturated rings. The Morgan fingerprint density at radius 1 is 1.32 bits per heavy atom. The summed E-state index contributed by atoms with van der Waals surface area (Å²) in [6, 6.07) is 10.9. The Morgan fingerprint density at radius 3 is 2.92 bits per heavy atom. The van der Waals surface area contributed by atoms with Gasteiger partial charge >= 0.3 is 5.97 Å². The van der Waals surface area contributed by atoms with E-state index in [-0.39, 0.29) is 15.7 Å². The molecule has 0 bridgehead atoms. The molecule has 4 aromatic rings. The fourth-order valence-corrected chi connectivity index (χ4v) is 7.85. The van der Waals surface area contributed by atoms with Crippen LogP contribution in [-0.2, 0) is 14.8 Å². The van der Waals surface area contributed by atoms with Gasteiger partial charge in [-0.25, -0.2) is 18.2 Å². The number of piperidine rings is 1. The highest BCUT2D eigenvalue weighted by atomic mass is 79.9. The van der Waals surface area contributed by atoms with Crippen molar-refractivity contribution in [3.05, 3.63) is 62.3 Å². The topological polar surface area (TPSA) is 106 Å². The monoisotopic (exact) mass is 623 g/mol. The van der Waals surface area contributed by atoms with E-state index in [0.29, 0.717) is 42.4 Å². The predicted octanol–water partition coefficient (Wildman–Crippen LogP) is 5.17. The first-order valence-electron chi connectivity index (χ1n) is 11.5. The van der Waals surface area contributed by atoms with Crippen LogP contribution in [0.5, 0.6) is 0 Å². The lowest BCUT2D eigenvalue weighted by molar-refractivity contribution is 0.0602. The molecule has 1 aliphatic heterocycles. The Labute approximate surface area is 231 Å². The van der Waals surface area contributed by atoms with Gasteiger partial charge in [0.15, 0.2) is 5.65 Å². The molecule has 0 saturated carbocycles. The maximum atomic E-state index is 13.4. The molecule has 1 aromatic carbocycles. The van der Waals surface area contributed by atoms with Gasteiger partial charge in [-0.05, 0) is 52.2 Å². The number of hydrogen-bond donors (Lipinski definition) is 1. The van der Waals surface area contributed by atoms with E-state index in [1.54, 1.807) is 16.1 Å². The molecule has 1 aliphatic rings. The molecule has 13 heteroatoms. The molecule has 5 rings (SSSR count). The Hall–Kier alpha value is -2.51. The van der Waals surface area contributed by atoms with Crippen molar-refractivity contribution in [2.45, 2.75) is 17.7 Å². The quantitative estimate of drug-likeness (QED) is 0.283. The molecule has 0 radical (unpaired) electrons. The van der Waals surface area contributed by atoms with Gasteiger partial charge in [0.05, 0.1) is 23.5 Å². The average molecular weight is 625 g/mol. The number of methoxy groups -OCH3 is 1. The molecule has 1 saturated heterocycles. The van der Waals surface area contributed by atoms with Crippen molar-refractivity contribution in [3.63, 3.8) is 0 Å². The summed E-state index contributed by atoms with van der Waals surface area (Å²) in [5.74, 6) is 0.122. The largest absolute Gasteiger partial charge is 0.465 e. The van der Waals surface area contributed by atoms with Gasteiger partial charge in [0, 0.05) is 36.3 Å². The molecule has 0 amide bonds. The van der Waals surface area contributed by atoms with E-state index in [1.165, 1.54) is 17.5 Å². The standard InChI is InChI=1S/C24H23BrClN5O4S2/c1-35-24(32)22-20(8-10-36-22)37(33,34)30-9-4-5-15(14-30)12-27-21-11-19(16-6-2-3-7-18(16)26)29-23-17(25)13-28-31(21)23/h2-3,6-8,10-11,13,15,27H,4-5,9,12,14H2,1H3. The molecule has 4 heterocycles. The average Bonchev–Trinajstić information content (AvgIpc) is 3.55. The fraction of sp³-hybridized carbons (Fsp3) is 0.292. The Balaban J connectivity index is 1.37. The van der Waals surface area contributed by atoms with E-state index < -0.39 is 16.0 Å². The van der Waals surface area contributed by atoms with Crippen LogP contribution in [0.3, 0.4) is 0 Å². The highest BCUT2D eigenvalue weighted by molar-refractivity contribution is 9.10. The van der Waals surface area contributed by atoms with E-state index in [4.69, 9.17) is 21.3 Å². The number of anilines is 1. The number of sulfonamides is 1. The highest BCUT2D eigenvalue weighted by Gasteiger charge is 2.34. The third kappa shape index (κ3) is 5.13. The number of nitrogens with one attached hydrogen (secondary N) is 1. The summed E-state index contributed by atoms with van der Waals surface area (Å²) >= 11 is 11.0. The van der Waals surface area contributed by atoms with E-state index in [1.807, 2.05) is 30.3 Å².